The van der Waals surface area contributed by atoms with E-state index in [-0.39, 0.29) is 29.9 Å². The van der Waals surface area contributed by atoms with Gasteiger partial charge in [0.1, 0.15) is 17.1 Å². The van der Waals surface area contributed by atoms with E-state index in [1.807, 2.05) is 78.9 Å². The SMILES string of the molecule is CC(C)(C)COc1ccc(C(Cc2ccc(C(=O)CCCS(=O)(=O)O)cc2)C(=O)Nc2ccc(-c3cc4ccccc4o3)cc2)cc1. The number of nitrogens with one attached hydrogen (secondary N) is 1. The third-order valence-corrected chi connectivity index (χ3v) is 8.46. The quantitative estimate of drug-likeness (QED) is 0.0967. The number of amides is 1. The van der Waals surface area contributed by atoms with Crippen LogP contribution >= 0.6 is 0 Å². The highest BCUT2D eigenvalue weighted by atomic mass is 32.2. The van der Waals surface area contributed by atoms with Gasteiger partial charge in [-0.1, -0.05) is 75.4 Å². The number of hydrogen-bond donors (Lipinski definition) is 2. The number of fused-ring (bicyclic) bond motifs is 1. The molecule has 0 saturated carbocycles. The minimum atomic E-state index is -4.11. The summed E-state index contributed by atoms with van der Waals surface area (Å²) in [7, 11) is -4.11. The smallest absolute Gasteiger partial charge is 0.264 e. The fourth-order valence-electron chi connectivity index (χ4n) is 5.15. The number of benzene rings is 4. The lowest BCUT2D eigenvalue weighted by Crippen LogP contribution is -2.23. The van der Waals surface area contributed by atoms with Crippen LogP contribution in [0.4, 0.5) is 5.69 Å². The average molecular weight is 654 g/mol. The Labute approximate surface area is 275 Å². The number of carbonyl (C=O) groups excluding carboxylic acids is 2. The van der Waals surface area contributed by atoms with E-state index in [1.54, 1.807) is 24.3 Å². The number of Topliss-reactive ketones (excluding diaryl/α,β-unsaturated/α-hetero) is 1. The van der Waals surface area contributed by atoms with Gasteiger partial charge < -0.3 is 14.5 Å². The molecule has 0 aliphatic heterocycles. The summed E-state index contributed by atoms with van der Waals surface area (Å²) in [5, 5.41) is 4.09. The topological polar surface area (TPSA) is 123 Å². The highest BCUT2D eigenvalue weighted by molar-refractivity contribution is 7.85. The van der Waals surface area contributed by atoms with Gasteiger partial charge in [-0.25, -0.2) is 0 Å². The van der Waals surface area contributed by atoms with Crippen molar-refractivity contribution in [1.82, 2.24) is 0 Å². The molecule has 1 amide bonds. The van der Waals surface area contributed by atoms with Crippen LogP contribution in [0.2, 0.25) is 0 Å². The van der Waals surface area contributed by atoms with Crippen molar-refractivity contribution in [3.8, 4) is 17.1 Å². The Bertz CT molecular complexity index is 1900. The molecule has 47 heavy (non-hydrogen) atoms. The summed E-state index contributed by atoms with van der Waals surface area (Å²) in [4.78, 5) is 26.4. The summed E-state index contributed by atoms with van der Waals surface area (Å²) in [6.45, 7) is 6.86. The Morgan fingerprint density at radius 1 is 0.894 bits per heavy atom. The van der Waals surface area contributed by atoms with E-state index in [0.29, 0.717) is 24.3 Å². The fraction of sp³-hybridized carbons (Fsp3) is 0.263. The molecule has 0 spiro atoms. The second kappa shape index (κ2) is 14.4. The molecule has 0 aliphatic carbocycles. The van der Waals surface area contributed by atoms with Crippen LogP contribution in [0.1, 0.15) is 61.0 Å². The first kappa shape index (κ1) is 33.6. The number of hydrogen-bond acceptors (Lipinski definition) is 6. The van der Waals surface area contributed by atoms with E-state index in [1.165, 1.54) is 0 Å². The molecule has 244 valence electrons. The van der Waals surface area contributed by atoms with Gasteiger partial charge in [0.2, 0.25) is 5.91 Å². The molecule has 0 radical (unpaired) electrons. The van der Waals surface area contributed by atoms with Gasteiger partial charge in [-0.3, -0.25) is 14.1 Å². The van der Waals surface area contributed by atoms with E-state index in [4.69, 9.17) is 13.7 Å². The first-order valence-corrected chi connectivity index (χ1v) is 17.1. The number of furan rings is 1. The van der Waals surface area contributed by atoms with Gasteiger partial charge in [-0.2, -0.15) is 8.42 Å². The second-order valence-electron chi connectivity index (χ2n) is 12.9. The molecule has 2 N–H and O–H groups in total. The molecule has 0 bridgehead atoms. The molecule has 1 atom stereocenters. The van der Waals surface area contributed by atoms with Gasteiger partial charge in [-0.05, 0) is 77.9 Å². The van der Waals surface area contributed by atoms with Crippen molar-refractivity contribution in [1.29, 1.82) is 0 Å². The van der Waals surface area contributed by atoms with Crippen LogP contribution in [0.25, 0.3) is 22.3 Å². The van der Waals surface area contributed by atoms with E-state index in [2.05, 4.69) is 26.1 Å². The third kappa shape index (κ3) is 9.64. The van der Waals surface area contributed by atoms with Gasteiger partial charge in [0.25, 0.3) is 10.1 Å². The minimum Gasteiger partial charge on any atom is -0.493 e. The standard InChI is InChI=1S/C38H39NO7S/c1-38(2,3)25-45-32-20-16-27(17-21-32)33(23-26-10-12-28(13-11-26)34(40)8-6-22-47(42,43)44)37(41)39-31-18-14-29(15-19-31)36-24-30-7-4-5-9-35(30)46-36/h4-5,7,9-21,24,33H,6,8,22-23,25H2,1-3H3,(H,39,41)(H,42,43,44). The lowest BCUT2D eigenvalue weighted by Gasteiger charge is -2.20. The highest BCUT2D eigenvalue weighted by Gasteiger charge is 2.23. The largest absolute Gasteiger partial charge is 0.493 e. The zero-order valence-corrected chi connectivity index (χ0v) is 27.5. The summed E-state index contributed by atoms with van der Waals surface area (Å²) in [5.41, 5.74) is 4.47. The second-order valence-corrected chi connectivity index (χ2v) is 14.5. The van der Waals surface area contributed by atoms with Crippen molar-refractivity contribution < 1.29 is 31.7 Å². The lowest BCUT2D eigenvalue weighted by atomic mass is 9.90. The summed E-state index contributed by atoms with van der Waals surface area (Å²) in [6, 6.07) is 31.9. The Morgan fingerprint density at radius 3 is 2.21 bits per heavy atom. The zero-order chi connectivity index (χ0) is 33.6. The van der Waals surface area contributed by atoms with Gasteiger partial charge in [0.05, 0.1) is 18.3 Å². The van der Waals surface area contributed by atoms with Crippen LogP contribution in [0, 0.1) is 5.41 Å². The maximum atomic E-state index is 13.8. The van der Waals surface area contributed by atoms with Crippen LogP contribution in [-0.2, 0) is 21.3 Å². The molecule has 0 aliphatic rings. The zero-order valence-electron chi connectivity index (χ0n) is 26.7. The Hall–Kier alpha value is -4.73. The maximum absolute atomic E-state index is 13.8. The lowest BCUT2D eigenvalue weighted by molar-refractivity contribution is -0.117. The van der Waals surface area contributed by atoms with Crippen LogP contribution in [0.3, 0.4) is 0 Å². The molecule has 5 rings (SSSR count). The van der Waals surface area contributed by atoms with Crippen molar-refractivity contribution >= 4 is 38.5 Å². The molecule has 5 aromatic rings. The fourth-order valence-corrected chi connectivity index (χ4v) is 5.66. The Morgan fingerprint density at radius 2 is 1.57 bits per heavy atom. The first-order valence-electron chi connectivity index (χ1n) is 15.5. The normalized spacial score (nSPS) is 12.5. The summed E-state index contributed by atoms with van der Waals surface area (Å²) in [5.74, 6) is 0.0626. The number of ether oxygens (including phenoxy) is 1. The molecule has 1 unspecified atom stereocenters. The predicted molar refractivity (Wildman–Crippen MR) is 185 cm³/mol. The van der Waals surface area contributed by atoms with Crippen molar-refractivity contribution in [2.24, 2.45) is 5.41 Å². The number of ketones is 1. The number of rotatable bonds is 13. The molecule has 4 aromatic carbocycles. The van der Waals surface area contributed by atoms with Gasteiger partial charge in [-0.15, -0.1) is 0 Å². The predicted octanol–water partition coefficient (Wildman–Crippen LogP) is 8.34. The maximum Gasteiger partial charge on any atom is 0.264 e. The number of carbonyl (C=O) groups is 2. The van der Waals surface area contributed by atoms with E-state index >= 15 is 0 Å². The van der Waals surface area contributed by atoms with E-state index in [0.717, 1.165) is 39.2 Å². The van der Waals surface area contributed by atoms with Crippen molar-refractivity contribution in [2.45, 2.75) is 46.0 Å². The van der Waals surface area contributed by atoms with Crippen LogP contribution in [-0.4, -0.2) is 37.0 Å². The molecule has 1 aromatic heterocycles. The third-order valence-electron chi connectivity index (χ3n) is 7.66. The molecular formula is C38H39NO7S. The van der Waals surface area contributed by atoms with E-state index in [9.17, 15) is 18.0 Å². The van der Waals surface area contributed by atoms with Crippen molar-refractivity contribution in [3.63, 3.8) is 0 Å². The average Bonchev–Trinajstić information content (AvgIpc) is 3.47. The Kier molecular flexibility index (Phi) is 10.3. The van der Waals surface area contributed by atoms with Crippen molar-refractivity contribution in [3.05, 3.63) is 120 Å². The van der Waals surface area contributed by atoms with Crippen molar-refractivity contribution in [2.75, 3.05) is 17.7 Å². The van der Waals surface area contributed by atoms with E-state index < -0.39 is 21.8 Å². The van der Waals surface area contributed by atoms with Gasteiger partial charge in [0.15, 0.2) is 5.78 Å². The molecule has 0 saturated heterocycles. The minimum absolute atomic E-state index is 0.00291. The van der Waals surface area contributed by atoms with Gasteiger partial charge >= 0.3 is 0 Å². The van der Waals surface area contributed by atoms with Crippen LogP contribution in [0.15, 0.2) is 108 Å². The van der Waals surface area contributed by atoms with Crippen LogP contribution < -0.4 is 10.1 Å². The van der Waals surface area contributed by atoms with Crippen LogP contribution in [0.5, 0.6) is 5.75 Å². The Balaban J connectivity index is 1.32. The number of para-hydroxylation sites is 1. The molecule has 9 heteroatoms. The molecule has 8 nitrogen and oxygen atoms in total. The molecule has 0 fully saturated rings. The number of anilines is 1. The van der Waals surface area contributed by atoms with Gasteiger partial charge in [0, 0.05) is 28.6 Å². The summed E-state index contributed by atoms with van der Waals surface area (Å²) >= 11 is 0. The summed E-state index contributed by atoms with van der Waals surface area (Å²) < 4.78 is 42.8. The summed E-state index contributed by atoms with van der Waals surface area (Å²) in [6.07, 6.45) is 0.418. The molecular weight excluding hydrogens is 614 g/mol. The monoisotopic (exact) mass is 653 g/mol. The molecule has 1 heterocycles. The highest BCUT2D eigenvalue weighted by Crippen LogP contribution is 2.30. The first-order chi connectivity index (χ1) is 22.3.